The van der Waals surface area contributed by atoms with Gasteiger partial charge in [0.1, 0.15) is 0 Å². The van der Waals surface area contributed by atoms with E-state index in [0.29, 0.717) is 18.7 Å². The summed E-state index contributed by atoms with van der Waals surface area (Å²) in [5.74, 6) is -0.944. The van der Waals surface area contributed by atoms with E-state index < -0.39 is 16.0 Å². The number of nitrogens with zero attached hydrogens (tertiary/aromatic N) is 1. The second-order valence-electron chi connectivity index (χ2n) is 7.08. The summed E-state index contributed by atoms with van der Waals surface area (Å²) in [4.78, 5) is 24.6. The summed E-state index contributed by atoms with van der Waals surface area (Å²) in [6, 6.07) is 12.9. The number of ether oxygens (including phenoxy) is 1. The van der Waals surface area contributed by atoms with Crippen LogP contribution in [0.4, 0.5) is 0 Å². The molecule has 1 saturated heterocycles. The number of Topliss-reactive ketones (excluding diaryl/α,β-unsaturated/α-hetero) is 1. The van der Waals surface area contributed by atoms with E-state index in [0.717, 1.165) is 31.2 Å². The quantitative estimate of drug-likeness (QED) is 0.487. The molecule has 0 radical (unpaired) electrons. The first-order valence-corrected chi connectivity index (χ1v) is 11.3. The van der Waals surface area contributed by atoms with Gasteiger partial charge in [0.05, 0.1) is 10.5 Å². The highest BCUT2D eigenvalue weighted by molar-refractivity contribution is 7.89. The fraction of sp³-hybridized carbons (Fsp3) is 0.364. The minimum atomic E-state index is -3.52. The number of esters is 1. The van der Waals surface area contributed by atoms with E-state index >= 15 is 0 Å². The zero-order valence-corrected chi connectivity index (χ0v) is 17.3. The fourth-order valence-electron chi connectivity index (χ4n) is 3.28. The Kier molecular flexibility index (Phi) is 6.82. The van der Waals surface area contributed by atoms with Crippen LogP contribution in [-0.2, 0) is 21.2 Å². The normalized spacial score (nSPS) is 14.7. The lowest BCUT2D eigenvalue weighted by atomic mass is 10.1. The van der Waals surface area contributed by atoms with Crippen molar-refractivity contribution in [3.8, 4) is 0 Å². The molecule has 0 amide bonds. The second kappa shape index (κ2) is 9.33. The van der Waals surface area contributed by atoms with Crippen LogP contribution in [0.5, 0.6) is 0 Å². The molecule has 0 bridgehead atoms. The van der Waals surface area contributed by atoms with Gasteiger partial charge < -0.3 is 4.74 Å². The number of ketones is 1. The second-order valence-corrected chi connectivity index (χ2v) is 9.02. The molecular formula is C22H25NO5S. The summed E-state index contributed by atoms with van der Waals surface area (Å²) in [7, 11) is -3.52. The van der Waals surface area contributed by atoms with Gasteiger partial charge in [-0.3, -0.25) is 4.79 Å². The van der Waals surface area contributed by atoms with Crippen molar-refractivity contribution in [1.29, 1.82) is 0 Å². The van der Waals surface area contributed by atoms with Gasteiger partial charge in [0.2, 0.25) is 10.0 Å². The summed E-state index contributed by atoms with van der Waals surface area (Å²) < 4.78 is 31.6. The van der Waals surface area contributed by atoms with Crippen molar-refractivity contribution in [2.45, 2.75) is 37.5 Å². The van der Waals surface area contributed by atoms with Crippen LogP contribution in [-0.4, -0.2) is 44.2 Å². The van der Waals surface area contributed by atoms with Gasteiger partial charge in [-0.25, -0.2) is 13.2 Å². The lowest BCUT2D eigenvalue weighted by molar-refractivity contribution is 0.0474. The van der Waals surface area contributed by atoms with Gasteiger partial charge in [0.15, 0.2) is 12.4 Å². The van der Waals surface area contributed by atoms with E-state index in [1.165, 1.54) is 28.6 Å². The molecule has 2 aromatic rings. The number of carbonyl (C=O) groups excluding carboxylic acids is 2. The van der Waals surface area contributed by atoms with Crippen molar-refractivity contribution < 1.29 is 22.7 Å². The average Bonchev–Trinajstić information content (AvgIpc) is 3.28. The predicted octanol–water partition coefficient (Wildman–Crippen LogP) is 3.46. The van der Waals surface area contributed by atoms with Gasteiger partial charge in [-0.15, -0.1) is 0 Å². The van der Waals surface area contributed by atoms with Crippen LogP contribution in [0.15, 0.2) is 53.4 Å². The van der Waals surface area contributed by atoms with Crippen LogP contribution in [0.25, 0.3) is 0 Å². The number of carbonyl (C=O) groups is 2. The number of aryl methyl sites for hydroxylation is 1. The van der Waals surface area contributed by atoms with Crippen molar-refractivity contribution in [1.82, 2.24) is 4.31 Å². The summed E-state index contributed by atoms with van der Waals surface area (Å²) in [5, 5.41) is 0. The molecule has 0 aromatic heterocycles. The SMILES string of the molecule is CCCc1ccc(C(=O)COC(=O)c2ccc(S(=O)(=O)N3CCCC3)cc2)cc1. The van der Waals surface area contributed by atoms with Gasteiger partial charge in [-0.1, -0.05) is 37.6 Å². The maximum absolute atomic E-state index is 12.5. The molecule has 1 aliphatic rings. The van der Waals surface area contributed by atoms with Crippen LogP contribution in [0.2, 0.25) is 0 Å². The van der Waals surface area contributed by atoms with Gasteiger partial charge in [0.25, 0.3) is 0 Å². The largest absolute Gasteiger partial charge is 0.454 e. The first-order chi connectivity index (χ1) is 13.9. The number of benzene rings is 2. The van der Waals surface area contributed by atoms with Gasteiger partial charge >= 0.3 is 5.97 Å². The Labute approximate surface area is 171 Å². The first-order valence-electron chi connectivity index (χ1n) is 9.81. The summed E-state index contributed by atoms with van der Waals surface area (Å²) in [6.45, 7) is 2.77. The lowest BCUT2D eigenvalue weighted by Gasteiger charge is -2.15. The molecule has 1 heterocycles. The fourth-order valence-corrected chi connectivity index (χ4v) is 4.80. The van der Waals surface area contributed by atoms with Crippen LogP contribution in [0, 0.1) is 0 Å². The molecule has 0 saturated carbocycles. The van der Waals surface area contributed by atoms with Crippen molar-refractivity contribution in [3.63, 3.8) is 0 Å². The number of hydrogen-bond donors (Lipinski definition) is 0. The maximum atomic E-state index is 12.5. The Balaban J connectivity index is 1.58. The molecule has 1 fully saturated rings. The summed E-state index contributed by atoms with van der Waals surface area (Å²) >= 11 is 0. The Bertz CT molecular complexity index is 959. The Morgan fingerprint density at radius 2 is 1.52 bits per heavy atom. The van der Waals surface area contributed by atoms with Crippen LogP contribution < -0.4 is 0 Å². The predicted molar refractivity (Wildman–Crippen MR) is 109 cm³/mol. The van der Waals surface area contributed by atoms with Crippen LogP contribution >= 0.6 is 0 Å². The molecule has 7 heteroatoms. The summed E-state index contributed by atoms with van der Waals surface area (Å²) in [5.41, 5.74) is 1.85. The zero-order chi connectivity index (χ0) is 20.9. The van der Waals surface area contributed by atoms with E-state index in [1.807, 2.05) is 12.1 Å². The molecule has 3 rings (SSSR count). The van der Waals surface area contributed by atoms with Gasteiger partial charge in [0, 0.05) is 18.7 Å². The maximum Gasteiger partial charge on any atom is 0.338 e. The van der Waals surface area contributed by atoms with Crippen molar-refractivity contribution in [3.05, 3.63) is 65.2 Å². The number of hydrogen-bond acceptors (Lipinski definition) is 5. The Morgan fingerprint density at radius 3 is 2.10 bits per heavy atom. The number of rotatable bonds is 8. The highest BCUT2D eigenvalue weighted by Gasteiger charge is 2.27. The van der Waals surface area contributed by atoms with E-state index in [1.54, 1.807) is 12.1 Å². The highest BCUT2D eigenvalue weighted by Crippen LogP contribution is 2.21. The highest BCUT2D eigenvalue weighted by atomic mass is 32.2. The molecular weight excluding hydrogens is 390 g/mol. The Morgan fingerprint density at radius 1 is 0.931 bits per heavy atom. The van der Waals surface area contributed by atoms with E-state index in [-0.39, 0.29) is 22.8 Å². The standard InChI is InChI=1S/C22H25NO5S/c1-2-5-17-6-8-18(9-7-17)21(24)16-28-22(25)19-10-12-20(13-11-19)29(26,27)23-14-3-4-15-23/h6-13H,2-5,14-16H2,1H3. The van der Waals surface area contributed by atoms with Crippen molar-refractivity contribution >= 4 is 21.8 Å². The molecule has 29 heavy (non-hydrogen) atoms. The summed E-state index contributed by atoms with van der Waals surface area (Å²) in [6.07, 6.45) is 3.70. The molecule has 0 N–H and O–H groups in total. The first kappa shape index (κ1) is 21.2. The minimum Gasteiger partial charge on any atom is -0.454 e. The molecule has 0 atom stereocenters. The van der Waals surface area contributed by atoms with Crippen molar-refractivity contribution in [2.75, 3.05) is 19.7 Å². The molecule has 0 spiro atoms. The number of sulfonamides is 1. The molecule has 154 valence electrons. The average molecular weight is 416 g/mol. The van der Waals surface area contributed by atoms with E-state index in [9.17, 15) is 18.0 Å². The third-order valence-electron chi connectivity index (χ3n) is 4.94. The molecule has 2 aromatic carbocycles. The Hall–Kier alpha value is -2.51. The van der Waals surface area contributed by atoms with E-state index in [4.69, 9.17) is 4.74 Å². The monoisotopic (exact) mass is 415 g/mol. The van der Waals surface area contributed by atoms with E-state index in [2.05, 4.69) is 6.92 Å². The topological polar surface area (TPSA) is 80.8 Å². The third kappa shape index (κ3) is 5.10. The van der Waals surface area contributed by atoms with Crippen LogP contribution in [0.3, 0.4) is 0 Å². The van der Waals surface area contributed by atoms with Gasteiger partial charge in [-0.2, -0.15) is 4.31 Å². The van der Waals surface area contributed by atoms with Gasteiger partial charge in [-0.05, 0) is 49.1 Å². The molecule has 0 unspecified atom stereocenters. The van der Waals surface area contributed by atoms with Crippen molar-refractivity contribution in [2.24, 2.45) is 0 Å². The lowest BCUT2D eigenvalue weighted by Crippen LogP contribution is -2.27. The minimum absolute atomic E-state index is 0.152. The third-order valence-corrected chi connectivity index (χ3v) is 6.85. The molecule has 0 aliphatic carbocycles. The van der Waals surface area contributed by atoms with Crippen LogP contribution in [0.1, 0.15) is 52.5 Å². The molecule has 1 aliphatic heterocycles. The smallest absolute Gasteiger partial charge is 0.338 e. The molecule has 6 nitrogen and oxygen atoms in total. The zero-order valence-electron chi connectivity index (χ0n) is 16.5.